The molecule has 3 heterocycles. The third-order valence-electron chi connectivity index (χ3n) is 4.52. The standard InChI is InChI=1S/C20H18N2O5S2/c1-14-22-18(12-27-14)15-4-6-17(7-5-15)29(24,25)21-13-20(23,16-8-9-26-11-16)19-3-2-10-28-19/h2-12,21,23H,13H2,1H3/t20-/m1/s1. The molecule has 7 nitrogen and oxygen atoms in total. The molecule has 0 amide bonds. The van der Waals surface area contributed by atoms with Crippen molar-refractivity contribution < 1.29 is 22.4 Å². The lowest BCUT2D eigenvalue weighted by molar-refractivity contribution is 0.0892. The molecule has 0 fully saturated rings. The van der Waals surface area contributed by atoms with Crippen molar-refractivity contribution in [3.8, 4) is 11.3 Å². The van der Waals surface area contributed by atoms with Crippen LogP contribution in [0.3, 0.4) is 0 Å². The summed E-state index contributed by atoms with van der Waals surface area (Å²) in [6, 6.07) is 11.5. The molecule has 1 atom stereocenters. The van der Waals surface area contributed by atoms with Gasteiger partial charge in [0.2, 0.25) is 10.0 Å². The molecule has 3 aromatic heterocycles. The highest BCUT2D eigenvalue weighted by Gasteiger charge is 2.35. The highest BCUT2D eigenvalue weighted by atomic mass is 32.2. The number of hydrogen-bond acceptors (Lipinski definition) is 7. The Balaban J connectivity index is 1.56. The Morgan fingerprint density at radius 3 is 2.55 bits per heavy atom. The van der Waals surface area contributed by atoms with Crippen LogP contribution in [-0.2, 0) is 15.6 Å². The SMILES string of the molecule is Cc1nc(-c2ccc(S(=O)(=O)NC[C@@](O)(c3ccoc3)c3cccs3)cc2)co1. The number of oxazole rings is 1. The molecule has 0 saturated heterocycles. The predicted molar refractivity (Wildman–Crippen MR) is 108 cm³/mol. The minimum atomic E-state index is -3.85. The molecule has 4 rings (SSSR count). The van der Waals surface area contributed by atoms with Crippen LogP contribution in [0, 0.1) is 6.92 Å². The highest BCUT2D eigenvalue weighted by Crippen LogP contribution is 2.33. The molecule has 0 bridgehead atoms. The van der Waals surface area contributed by atoms with Gasteiger partial charge in [-0.2, -0.15) is 0 Å². The zero-order chi connectivity index (χ0) is 20.5. The fourth-order valence-corrected chi connectivity index (χ4v) is 4.83. The molecular weight excluding hydrogens is 412 g/mol. The van der Waals surface area contributed by atoms with Gasteiger partial charge in [-0.3, -0.25) is 0 Å². The molecule has 0 unspecified atom stereocenters. The van der Waals surface area contributed by atoms with Crippen LogP contribution in [0.25, 0.3) is 11.3 Å². The van der Waals surface area contributed by atoms with Crippen molar-refractivity contribution in [2.75, 3.05) is 6.54 Å². The maximum absolute atomic E-state index is 12.8. The Morgan fingerprint density at radius 1 is 1.17 bits per heavy atom. The summed E-state index contributed by atoms with van der Waals surface area (Å²) >= 11 is 1.33. The molecule has 4 aromatic rings. The zero-order valence-corrected chi connectivity index (χ0v) is 17.0. The van der Waals surface area contributed by atoms with E-state index in [1.54, 1.807) is 37.3 Å². The summed E-state index contributed by atoms with van der Waals surface area (Å²) in [5.74, 6) is 0.533. The van der Waals surface area contributed by atoms with Gasteiger partial charge in [-0.15, -0.1) is 11.3 Å². The second-order valence-corrected chi connectivity index (χ2v) is 9.16. The third kappa shape index (κ3) is 3.90. The summed E-state index contributed by atoms with van der Waals surface area (Å²) in [6.07, 6.45) is 4.36. The molecule has 1 aromatic carbocycles. The molecule has 0 saturated carbocycles. The van der Waals surface area contributed by atoms with E-state index in [-0.39, 0.29) is 11.4 Å². The first-order valence-corrected chi connectivity index (χ1v) is 11.1. The summed E-state index contributed by atoms with van der Waals surface area (Å²) in [5, 5.41) is 13.1. The number of aliphatic hydroxyl groups is 1. The minimum absolute atomic E-state index is 0.0854. The largest absolute Gasteiger partial charge is 0.472 e. The second-order valence-electron chi connectivity index (χ2n) is 6.45. The van der Waals surface area contributed by atoms with Gasteiger partial charge >= 0.3 is 0 Å². The van der Waals surface area contributed by atoms with Gasteiger partial charge in [0.25, 0.3) is 0 Å². The fourth-order valence-electron chi connectivity index (χ4n) is 2.93. The van der Waals surface area contributed by atoms with Gasteiger partial charge < -0.3 is 13.9 Å². The van der Waals surface area contributed by atoms with Crippen LogP contribution in [0.4, 0.5) is 0 Å². The van der Waals surface area contributed by atoms with Crippen molar-refractivity contribution in [1.82, 2.24) is 9.71 Å². The number of nitrogens with zero attached hydrogens (tertiary/aromatic N) is 1. The summed E-state index contributed by atoms with van der Waals surface area (Å²) < 4.78 is 38.4. The molecule has 150 valence electrons. The number of rotatable bonds is 7. The molecule has 0 aliphatic heterocycles. The van der Waals surface area contributed by atoms with Crippen LogP contribution in [0.2, 0.25) is 0 Å². The monoisotopic (exact) mass is 430 g/mol. The van der Waals surface area contributed by atoms with E-state index in [0.717, 1.165) is 5.56 Å². The third-order valence-corrected chi connectivity index (χ3v) is 6.96. The summed E-state index contributed by atoms with van der Waals surface area (Å²) in [4.78, 5) is 4.92. The van der Waals surface area contributed by atoms with Crippen molar-refractivity contribution in [2.45, 2.75) is 17.4 Å². The summed E-state index contributed by atoms with van der Waals surface area (Å²) in [6.45, 7) is 1.50. The van der Waals surface area contributed by atoms with Crippen LogP contribution in [0.5, 0.6) is 0 Å². The highest BCUT2D eigenvalue weighted by molar-refractivity contribution is 7.89. The molecular formula is C20H18N2O5S2. The number of hydrogen-bond donors (Lipinski definition) is 2. The Labute approximate surface area is 171 Å². The van der Waals surface area contributed by atoms with Gasteiger partial charge in [0, 0.05) is 29.5 Å². The Bertz CT molecular complexity index is 1140. The number of thiophene rings is 1. The van der Waals surface area contributed by atoms with Crippen molar-refractivity contribution in [2.24, 2.45) is 0 Å². The Morgan fingerprint density at radius 2 is 1.97 bits per heavy atom. The molecule has 0 radical (unpaired) electrons. The van der Waals surface area contributed by atoms with Crippen LogP contribution in [0.15, 0.2) is 80.4 Å². The van der Waals surface area contributed by atoms with Crippen molar-refractivity contribution >= 4 is 21.4 Å². The summed E-state index contributed by atoms with van der Waals surface area (Å²) in [5.41, 5.74) is 0.312. The number of aromatic nitrogens is 1. The lowest BCUT2D eigenvalue weighted by Gasteiger charge is -2.26. The smallest absolute Gasteiger partial charge is 0.240 e. The number of benzene rings is 1. The van der Waals surface area contributed by atoms with Crippen LogP contribution < -0.4 is 4.72 Å². The lowest BCUT2D eigenvalue weighted by atomic mass is 9.95. The molecule has 29 heavy (non-hydrogen) atoms. The first-order valence-electron chi connectivity index (χ1n) is 8.70. The lowest BCUT2D eigenvalue weighted by Crippen LogP contribution is -2.40. The molecule has 9 heteroatoms. The normalized spacial score (nSPS) is 14.0. The quantitative estimate of drug-likeness (QED) is 0.465. The second kappa shape index (κ2) is 7.60. The number of nitrogens with one attached hydrogen (secondary N) is 1. The van der Waals surface area contributed by atoms with Gasteiger partial charge in [0.1, 0.15) is 17.6 Å². The van der Waals surface area contributed by atoms with Crippen LogP contribution in [0.1, 0.15) is 16.3 Å². The average Bonchev–Trinajstić information content (AvgIpc) is 3.49. The minimum Gasteiger partial charge on any atom is -0.472 e. The van der Waals surface area contributed by atoms with Gasteiger partial charge in [0.05, 0.1) is 17.4 Å². The van der Waals surface area contributed by atoms with E-state index < -0.39 is 15.6 Å². The maximum atomic E-state index is 12.8. The molecule has 0 aliphatic rings. The van der Waals surface area contributed by atoms with Crippen molar-refractivity contribution in [1.29, 1.82) is 0 Å². The first kappa shape index (κ1) is 19.6. The van der Waals surface area contributed by atoms with Gasteiger partial charge in [-0.05, 0) is 29.6 Å². The Hall–Kier alpha value is -2.72. The topological polar surface area (TPSA) is 106 Å². The van der Waals surface area contributed by atoms with E-state index in [1.807, 2.05) is 5.38 Å². The van der Waals surface area contributed by atoms with Crippen LogP contribution >= 0.6 is 11.3 Å². The average molecular weight is 431 g/mol. The van der Waals surface area contributed by atoms with Crippen LogP contribution in [-0.4, -0.2) is 25.1 Å². The van der Waals surface area contributed by atoms with Gasteiger partial charge in [0.15, 0.2) is 5.89 Å². The first-order chi connectivity index (χ1) is 13.9. The van der Waals surface area contributed by atoms with Crippen molar-refractivity contribution in [3.05, 3.63) is 83.0 Å². The van der Waals surface area contributed by atoms with E-state index in [0.29, 0.717) is 22.0 Å². The van der Waals surface area contributed by atoms with Gasteiger partial charge in [-0.25, -0.2) is 18.1 Å². The van der Waals surface area contributed by atoms with E-state index in [4.69, 9.17) is 8.83 Å². The summed E-state index contributed by atoms with van der Waals surface area (Å²) in [7, 11) is -3.85. The van der Waals surface area contributed by atoms with Crippen molar-refractivity contribution in [3.63, 3.8) is 0 Å². The molecule has 0 aliphatic carbocycles. The van der Waals surface area contributed by atoms with Gasteiger partial charge in [-0.1, -0.05) is 18.2 Å². The van der Waals surface area contributed by atoms with E-state index >= 15 is 0 Å². The number of sulfonamides is 1. The zero-order valence-electron chi connectivity index (χ0n) is 15.4. The fraction of sp³-hybridized carbons (Fsp3) is 0.150. The van der Waals surface area contributed by atoms with E-state index in [1.165, 1.54) is 42.3 Å². The predicted octanol–water partition coefficient (Wildman–Crippen LogP) is 3.52. The molecule has 0 spiro atoms. The van der Waals surface area contributed by atoms with E-state index in [2.05, 4.69) is 9.71 Å². The Kier molecular flexibility index (Phi) is 5.13. The number of aryl methyl sites for hydroxylation is 1. The maximum Gasteiger partial charge on any atom is 0.240 e. The molecule has 2 N–H and O–H groups in total. The van der Waals surface area contributed by atoms with E-state index in [9.17, 15) is 13.5 Å². The number of furan rings is 1.